The predicted octanol–water partition coefficient (Wildman–Crippen LogP) is 3.22. The fraction of sp³-hybridized carbons (Fsp3) is 0.545. The smallest absolute Gasteiger partial charge is 0.217 e. The summed E-state index contributed by atoms with van der Waals surface area (Å²) in [6, 6.07) is 9.48. The Kier molecular flexibility index (Phi) is 4.72. The van der Waals surface area contributed by atoms with Crippen LogP contribution in [0.25, 0.3) is 0 Å². The Hall–Kier alpha value is -3.48. The maximum Gasteiger partial charge on any atom is 0.217 e. The molecule has 1 aromatic carbocycles. The second kappa shape index (κ2) is 7.04. The van der Waals surface area contributed by atoms with Gasteiger partial charge in [-0.1, -0.05) is 6.42 Å². The highest BCUT2D eigenvalue weighted by Crippen LogP contribution is 2.69. The first kappa shape index (κ1) is 20.8. The quantitative estimate of drug-likeness (QED) is 0.779. The molecule has 2 aliphatic heterocycles. The van der Waals surface area contributed by atoms with E-state index in [2.05, 4.69) is 18.2 Å². The van der Waals surface area contributed by atoms with Crippen molar-refractivity contribution in [3.05, 3.63) is 17.7 Å². The largest absolute Gasteiger partial charge is 0.493 e. The molecular weight excluding hydrogens is 400 g/mol. The Balaban J connectivity index is 2.00. The second-order valence-electron chi connectivity index (χ2n) is 7.95. The monoisotopic (exact) mass is 422 g/mol. The van der Waals surface area contributed by atoms with Crippen LogP contribution in [0, 0.1) is 56.2 Å². The minimum absolute atomic E-state index is 0.322. The molecule has 2 saturated heterocycles. The Morgan fingerprint density at radius 3 is 2.16 bits per heavy atom. The van der Waals surface area contributed by atoms with Gasteiger partial charge < -0.3 is 23.7 Å². The van der Waals surface area contributed by atoms with Crippen molar-refractivity contribution in [2.24, 2.45) is 16.7 Å². The van der Waals surface area contributed by atoms with Crippen molar-refractivity contribution in [1.82, 2.24) is 0 Å². The molecule has 0 amide bonds. The Morgan fingerprint density at radius 2 is 1.65 bits per heavy atom. The number of benzene rings is 1. The van der Waals surface area contributed by atoms with Crippen LogP contribution in [0.3, 0.4) is 0 Å². The number of hydrogen-bond acceptors (Lipinski definition) is 9. The highest BCUT2D eigenvalue weighted by atomic mass is 16.7. The van der Waals surface area contributed by atoms with E-state index in [9.17, 15) is 15.8 Å². The van der Waals surface area contributed by atoms with E-state index in [1.54, 1.807) is 12.1 Å². The molecule has 1 N–H and O–H groups in total. The Bertz CT molecular complexity index is 1030. The minimum Gasteiger partial charge on any atom is -0.493 e. The van der Waals surface area contributed by atoms with Gasteiger partial charge >= 0.3 is 0 Å². The van der Waals surface area contributed by atoms with E-state index >= 15 is 0 Å². The van der Waals surface area contributed by atoms with Crippen molar-refractivity contribution in [3.8, 4) is 35.5 Å². The third kappa shape index (κ3) is 2.34. The predicted molar refractivity (Wildman–Crippen MR) is 105 cm³/mol. The van der Waals surface area contributed by atoms with Crippen LogP contribution in [0.15, 0.2) is 12.1 Å². The van der Waals surface area contributed by atoms with Crippen LogP contribution in [0.5, 0.6) is 17.2 Å². The van der Waals surface area contributed by atoms with Gasteiger partial charge in [0.05, 0.1) is 45.5 Å². The number of nitrogens with zero attached hydrogens (tertiary/aromatic N) is 3. The molecule has 0 aromatic heterocycles. The fourth-order valence-corrected chi connectivity index (χ4v) is 5.41. The topological polar surface area (TPSA) is 141 Å². The molecule has 1 aromatic rings. The Morgan fingerprint density at radius 1 is 1.00 bits per heavy atom. The second-order valence-corrected chi connectivity index (χ2v) is 7.95. The molecule has 3 fully saturated rings. The summed E-state index contributed by atoms with van der Waals surface area (Å²) < 4.78 is 28.5. The highest BCUT2D eigenvalue weighted by Gasteiger charge is 2.80. The van der Waals surface area contributed by atoms with Crippen LogP contribution in [-0.4, -0.2) is 33.0 Å². The number of methoxy groups -OCH3 is 3. The van der Waals surface area contributed by atoms with Gasteiger partial charge in [-0.25, -0.2) is 0 Å². The lowest BCUT2D eigenvalue weighted by molar-refractivity contribution is -0.294. The van der Waals surface area contributed by atoms with Crippen molar-refractivity contribution in [3.63, 3.8) is 0 Å². The lowest BCUT2D eigenvalue weighted by atomic mass is 9.51. The summed E-state index contributed by atoms with van der Waals surface area (Å²) in [5.41, 5.74) is -3.36. The van der Waals surface area contributed by atoms with Gasteiger partial charge in [0.2, 0.25) is 22.8 Å². The highest BCUT2D eigenvalue weighted by molar-refractivity contribution is 5.89. The van der Waals surface area contributed by atoms with Crippen LogP contribution < -0.4 is 14.2 Å². The number of rotatable bonds is 4. The first-order valence-electron chi connectivity index (χ1n) is 9.93. The van der Waals surface area contributed by atoms with E-state index in [1.165, 1.54) is 21.3 Å². The van der Waals surface area contributed by atoms with Gasteiger partial charge in [0, 0.05) is 6.42 Å². The molecule has 2 heterocycles. The Labute approximate surface area is 180 Å². The van der Waals surface area contributed by atoms with Crippen LogP contribution in [0.1, 0.15) is 37.4 Å². The van der Waals surface area contributed by atoms with Crippen LogP contribution in [0.4, 0.5) is 0 Å². The van der Waals surface area contributed by atoms with Crippen LogP contribution >= 0.6 is 0 Å². The van der Waals surface area contributed by atoms with Crippen molar-refractivity contribution < 1.29 is 23.7 Å². The molecule has 31 heavy (non-hydrogen) atoms. The van der Waals surface area contributed by atoms with Crippen molar-refractivity contribution in [1.29, 1.82) is 21.2 Å². The molecule has 1 saturated carbocycles. The third-order valence-electron chi connectivity index (χ3n) is 6.81. The average Bonchev–Trinajstić information content (AvgIpc) is 3.02. The van der Waals surface area contributed by atoms with Crippen LogP contribution in [-0.2, 0) is 9.47 Å². The summed E-state index contributed by atoms with van der Waals surface area (Å²) in [6.07, 6.45) is 1.42. The van der Waals surface area contributed by atoms with Gasteiger partial charge in [-0.15, -0.1) is 0 Å². The van der Waals surface area contributed by atoms with Crippen molar-refractivity contribution in [2.45, 2.75) is 37.6 Å². The fourth-order valence-electron chi connectivity index (χ4n) is 5.41. The maximum atomic E-state index is 10.3. The molecule has 3 aliphatic rings. The molecule has 9 heteroatoms. The lowest BCUT2D eigenvalue weighted by Gasteiger charge is -2.51. The molecule has 1 aliphatic carbocycles. The lowest BCUT2D eigenvalue weighted by Crippen LogP contribution is -2.60. The molecule has 4 rings (SSSR count). The van der Waals surface area contributed by atoms with E-state index in [0.717, 1.165) is 12.8 Å². The summed E-state index contributed by atoms with van der Waals surface area (Å²) in [4.78, 5) is 0. The van der Waals surface area contributed by atoms with Gasteiger partial charge in [-0.3, -0.25) is 5.41 Å². The van der Waals surface area contributed by atoms with Gasteiger partial charge in [0.15, 0.2) is 16.9 Å². The molecule has 160 valence electrons. The molecule has 9 nitrogen and oxygen atoms in total. The minimum atomic E-state index is -2.01. The number of nitrogens with one attached hydrogen (secondary N) is 1. The van der Waals surface area contributed by atoms with E-state index in [-0.39, 0.29) is 5.90 Å². The normalized spacial score (nSPS) is 32.5. The SMILES string of the molecule is COc1cc([C@@H]2O[C@@]34CCCC[C@H]3[C@@](C#N)(C(=N)O4)C2(C#N)C#N)cc(OC)c1OC. The van der Waals surface area contributed by atoms with Gasteiger partial charge in [0.1, 0.15) is 6.10 Å². The van der Waals surface area contributed by atoms with E-state index in [0.29, 0.717) is 35.7 Å². The van der Waals surface area contributed by atoms with E-state index in [1.807, 2.05) is 0 Å². The third-order valence-corrected chi connectivity index (χ3v) is 6.81. The molecule has 2 bridgehead atoms. The molecular formula is C22H22N4O5. The van der Waals surface area contributed by atoms with E-state index in [4.69, 9.17) is 29.1 Å². The van der Waals surface area contributed by atoms with Gasteiger partial charge in [0.25, 0.3) is 0 Å². The van der Waals surface area contributed by atoms with E-state index < -0.39 is 28.6 Å². The summed E-state index contributed by atoms with van der Waals surface area (Å²) in [5.74, 6) is -1.19. The van der Waals surface area contributed by atoms with Crippen molar-refractivity contribution >= 4 is 5.90 Å². The van der Waals surface area contributed by atoms with Crippen molar-refractivity contribution in [2.75, 3.05) is 21.3 Å². The maximum absolute atomic E-state index is 10.3. The number of hydrogen-bond donors (Lipinski definition) is 1. The van der Waals surface area contributed by atoms with Gasteiger partial charge in [-0.05, 0) is 30.5 Å². The average molecular weight is 422 g/mol. The zero-order valence-electron chi connectivity index (χ0n) is 17.5. The van der Waals surface area contributed by atoms with Gasteiger partial charge in [-0.2, -0.15) is 15.8 Å². The molecule has 0 spiro atoms. The zero-order valence-corrected chi connectivity index (χ0v) is 17.5. The summed E-state index contributed by atoms with van der Waals surface area (Å²) in [6.45, 7) is 0. The molecule has 0 unspecified atom stereocenters. The zero-order chi connectivity index (χ0) is 22.4. The molecule has 0 radical (unpaired) electrons. The summed E-state index contributed by atoms with van der Waals surface area (Å²) >= 11 is 0. The summed E-state index contributed by atoms with van der Waals surface area (Å²) in [7, 11) is 4.39. The standard InChI is InChI=1S/C22H22N4O5/c1-27-14-8-13(9-15(28-2)17(14)29-3)18-20(10-23,11-24)21(12-25)16-6-4-5-7-22(16,30-18)31-19(21)26/h8-9,16,18,26H,4-7H2,1-3H3/t16-,18-,21-,22+/m0/s1. The number of ether oxygens (including phenoxy) is 5. The first-order valence-corrected chi connectivity index (χ1v) is 9.93. The molecule has 4 atom stereocenters. The van der Waals surface area contributed by atoms with Crippen LogP contribution in [0.2, 0.25) is 0 Å². The summed E-state index contributed by atoms with van der Waals surface area (Å²) in [5, 5.41) is 39.5. The first-order chi connectivity index (χ1) is 14.9. The number of nitriles is 3.